The summed E-state index contributed by atoms with van der Waals surface area (Å²) >= 11 is 0. The van der Waals surface area contributed by atoms with E-state index in [-0.39, 0.29) is 0 Å². The number of aromatic carboxylic acids is 1. The predicted octanol–water partition coefficient (Wildman–Crippen LogP) is 2.79. The molecule has 3 nitrogen and oxygen atoms in total. The summed E-state index contributed by atoms with van der Waals surface area (Å²) in [7, 11) is 0. The van der Waals surface area contributed by atoms with Gasteiger partial charge in [-0.1, -0.05) is 19.9 Å². The second kappa shape index (κ2) is 4.40. The fourth-order valence-corrected chi connectivity index (χ4v) is 2.18. The van der Waals surface area contributed by atoms with Crippen LogP contribution in [0.5, 0.6) is 0 Å². The zero-order valence-corrected chi connectivity index (χ0v) is 10.6. The van der Waals surface area contributed by atoms with Crippen molar-refractivity contribution in [1.29, 1.82) is 0 Å². The van der Waals surface area contributed by atoms with E-state index >= 15 is 0 Å². The lowest BCUT2D eigenvalue weighted by Crippen LogP contribution is -2.49. The van der Waals surface area contributed by atoms with Gasteiger partial charge in [-0.05, 0) is 36.5 Å². The number of benzene rings is 1. The summed E-state index contributed by atoms with van der Waals surface area (Å²) in [4.78, 5) is 13.3. The van der Waals surface area contributed by atoms with Crippen molar-refractivity contribution in [3.63, 3.8) is 0 Å². The largest absolute Gasteiger partial charge is 0.478 e. The summed E-state index contributed by atoms with van der Waals surface area (Å²) in [6.45, 7) is 8.39. The molecule has 1 aliphatic heterocycles. The summed E-state index contributed by atoms with van der Waals surface area (Å²) in [6, 6.07) is 5.69. The lowest BCUT2D eigenvalue weighted by atomic mass is 9.88. The van der Waals surface area contributed by atoms with Crippen LogP contribution in [0.1, 0.15) is 29.8 Å². The van der Waals surface area contributed by atoms with Crippen molar-refractivity contribution < 1.29 is 9.90 Å². The van der Waals surface area contributed by atoms with Crippen LogP contribution in [0.2, 0.25) is 0 Å². The first kappa shape index (κ1) is 12.0. The molecule has 1 heterocycles. The minimum absolute atomic E-state index is 0.412. The maximum absolute atomic E-state index is 11.1. The smallest absolute Gasteiger partial charge is 0.336 e. The Morgan fingerprint density at radius 1 is 1.41 bits per heavy atom. The standard InChI is InChI=1S/C14H19NO2/c1-9(2)11-7-15(8-11)12-5-4-10(3)13(6-12)14(16)17/h4-6,9,11H,7-8H2,1-3H3,(H,16,17). The Balaban J connectivity index is 2.14. The van der Waals surface area contributed by atoms with E-state index in [1.807, 2.05) is 19.1 Å². The van der Waals surface area contributed by atoms with Crippen molar-refractivity contribution in [1.82, 2.24) is 0 Å². The van der Waals surface area contributed by atoms with Gasteiger partial charge in [0.05, 0.1) is 5.56 Å². The van der Waals surface area contributed by atoms with E-state index < -0.39 is 5.97 Å². The zero-order chi connectivity index (χ0) is 12.6. The molecule has 0 spiro atoms. The third-order valence-electron chi connectivity index (χ3n) is 3.67. The van der Waals surface area contributed by atoms with E-state index in [2.05, 4.69) is 18.7 Å². The molecule has 92 valence electrons. The van der Waals surface area contributed by atoms with Crippen LogP contribution in [0.25, 0.3) is 0 Å². The zero-order valence-electron chi connectivity index (χ0n) is 10.6. The topological polar surface area (TPSA) is 40.5 Å². The van der Waals surface area contributed by atoms with Crippen LogP contribution >= 0.6 is 0 Å². The number of hydrogen-bond donors (Lipinski definition) is 1. The molecule has 0 atom stereocenters. The van der Waals surface area contributed by atoms with E-state index in [0.29, 0.717) is 11.5 Å². The third kappa shape index (κ3) is 2.28. The number of aryl methyl sites for hydroxylation is 1. The van der Waals surface area contributed by atoms with Gasteiger partial charge in [-0.15, -0.1) is 0 Å². The van der Waals surface area contributed by atoms with Crippen LogP contribution < -0.4 is 4.90 Å². The summed E-state index contributed by atoms with van der Waals surface area (Å²) in [5.74, 6) is 0.602. The Bertz CT molecular complexity index is 434. The van der Waals surface area contributed by atoms with Crippen molar-refractivity contribution in [3.05, 3.63) is 29.3 Å². The fourth-order valence-electron chi connectivity index (χ4n) is 2.18. The summed E-state index contributed by atoms with van der Waals surface area (Å²) in [5, 5.41) is 9.08. The van der Waals surface area contributed by atoms with Gasteiger partial charge in [-0.3, -0.25) is 0 Å². The Hall–Kier alpha value is -1.51. The number of anilines is 1. The summed E-state index contributed by atoms with van der Waals surface area (Å²) < 4.78 is 0. The van der Waals surface area contributed by atoms with Gasteiger partial charge in [0.2, 0.25) is 0 Å². The highest BCUT2D eigenvalue weighted by Gasteiger charge is 2.29. The second-order valence-electron chi connectivity index (χ2n) is 5.21. The van der Waals surface area contributed by atoms with E-state index in [1.54, 1.807) is 6.07 Å². The molecule has 0 amide bonds. The predicted molar refractivity (Wildman–Crippen MR) is 68.7 cm³/mol. The number of hydrogen-bond acceptors (Lipinski definition) is 2. The van der Waals surface area contributed by atoms with Gasteiger partial charge in [-0.2, -0.15) is 0 Å². The number of carboxylic acids is 1. The molecule has 1 aromatic rings. The first-order valence-corrected chi connectivity index (χ1v) is 6.08. The molecule has 0 unspecified atom stereocenters. The van der Waals surface area contributed by atoms with Crippen molar-refractivity contribution in [2.24, 2.45) is 11.8 Å². The van der Waals surface area contributed by atoms with Gasteiger partial charge in [0.25, 0.3) is 0 Å². The lowest BCUT2D eigenvalue weighted by molar-refractivity contribution is 0.0696. The molecule has 1 saturated heterocycles. The van der Waals surface area contributed by atoms with Crippen LogP contribution in [0, 0.1) is 18.8 Å². The molecular formula is C14H19NO2. The van der Waals surface area contributed by atoms with Crippen LogP contribution in [0.3, 0.4) is 0 Å². The molecule has 1 aromatic carbocycles. The van der Waals surface area contributed by atoms with Crippen LogP contribution in [-0.2, 0) is 0 Å². The first-order valence-electron chi connectivity index (χ1n) is 6.08. The summed E-state index contributed by atoms with van der Waals surface area (Å²) in [6.07, 6.45) is 0. The molecule has 17 heavy (non-hydrogen) atoms. The van der Waals surface area contributed by atoms with E-state index in [4.69, 9.17) is 5.11 Å². The van der Waals surface area contributed by atoms with Crippen molar-refractivity contribution in [2.45, 2.75) is 20.8 Å². The Morgan fingerprint density at radius 3 is 2.59 bits per heavy atom. The van der Waals surface area contributed by atoms with Crippen LogP contribution in [0.15, 0.2) is 18.2 Å². The normalized spacial score (nSPS) is 16.1. The molecule has 1 N–H and O–H groups in total. The minimum atomic E-state index is -0.842. The Kier molecular flexibility index (Phi) is 3.09. The third-order valence-corrected chi connectivity index (χ3v) is 3.67. The van der Waals surface area contributed by atoms with Gasteiger partial charge in [0, 0.05) is 18.8 Å². The number of carboxylic acid groups (broad SMARTS) is 1. The molecule has 1 fully saturated rings. The molecule has 0 radical (unpaired) electrons. The Morgan fingerprint density at radius 2 is 2.06 bits per heavy atom. The summed E-state index contributed by atoms with van der Waals surface area (Å²) in [5.41, 5.74) is 2.27. The van der Waals surface area contributed by atoms with Gasteiger partial charge in [0.1, 0.15) is 0 Å². The van der Waals surface area contributed by atoms with Crippen molar-refractivity contribution in [3.8, 4) is 0 Å². The van der Waals surface area contributed by atoms with Crippen LogP contribution in [-0.4, -0.2) is 24.2 Å². The highest BCUT2D eigenvalue weighted by Crippen LogP contribution is 2.30. The fraction of sp³-hybridized carbons (Fsp3) is 0.500. The van der Waals surface area contributed by atoms with Gasteiger partial charge in [-0.25, -0.2) is 4.79 Å². The minimum Gasteiger partial charge on any atom is -0.478 e. The van der Waals surface area contributed by atoms with Crippen molar-refractivity contribution in [2.75, 3.05) is 18.0 Å². The average Bonchev–Trinajstić information content (AvgIpc) is 2.17. The van der Waals surface area contributed by atoms with Gasteiger partial charge < -0.3 is 10.0 Å². The van der Waals surface area contributed by atoms with Gasteiger partial charge in [0.15, 0.2) is 0 Å². The first-order chi connectivity index (χ1) is 7.99. The monoisotopic (exact) mass is 233 g/mol. The quantitative estimate of drug-likeness (QED) is 0.872. The van der Waals surface area contributed by atoms with E-state index in [9.17, 15) is 4.79 Å². The molecule has 3 heteroatoms. The SMILES string of the molecule is Cc1ccc(N2CC(C(C)C)C2)cc1C(=O)O. The van der Waals surface area contributed by atoms with Gasteiger partial charge >= 0.3 is 5.97 Å². The maximum Gasteiger partial charge on any atom is 0.336 e. The van der Waals surface area contributed by atoms with Crippen LogP contribution in [0.4, 0.5) is 5.69 Å². The second-order valence-corrected chi connectivity index (χ2v) is 5.21. The molecular weight excluding hydrogens is 214 g/mol. The highest BCUT2D eigenvalue weighted by molar-refractivity contribution is 5.90. The molecule has 2 rings (SSSR count). The molecule has 0 aromatic heterocycles. The molecule has 0 bridgehead atoms. The molecule has 1 aliphatic rings. The average molecular weight is 233 g/mol. The Labute approximate surface area is 102 Å². The molecule has 0 aliphatic carbocycles. The van der Waals surface area contributed by atoms with E-state index in [1.165, 1.54) is 0 Å². The number of rotatable bonds is 3. The molecule has 0 saturated carbocycles. The van der Waals surface area contributed by atoms with Crippen molar-refractivity contribution >= 4 is 11.7 Å². The number of nitrogens with zero attached hydrogens (tertiary/aromatic N) is 1. The highest BCUT2D eigenvalue weighted by atomic mass is 16.4. The van der Waals surface area contributed by atoms with E-state index in [0.717, 1.165) is 30.3 Å². The maximum atomic E-state index is 11.1. The lowest BCUT2D eigenvalue weighted by Gasteiger charge is -2.43. The number of carbonyl (C=O) groups is 1.